The fourth-order valence-corrected chi connectivity index (χ4v) is 2.33. The molecule has 8 heteroatoms. The maximum absolute atomic E-state index is 12.1. The van der Waals surface area contributed by atoms with Crippen LogP contribution in [0.25, 0.3) is 0 Å². The average Bonchev–Trinajstić information content (AvgIpc) is 2.67. The molecule has 0 saturated carbocycles. The van der Waals surface area contributed by atoms with E-state index >= 15 is 0 Å². The van der Waals surface area contributed by atoms with Gasteiger partial charge in [-0.1, -0.05) is 15.9 Å². The molecule has 0 radical (unpaired) electrons. The molecule has 0 heterocycles. The largest absolute Gasteiger partial charge is 0.497 e. The molecule has 0 aliphatic carbocycles. The van der Waals surface area contributed by atoms with Crippen molar-refractivity contribution in [1.82, 2.24) is 5.32 Å². The second-order valence-electron chi connectivity index (χ2n) is 5.54. The molecule has 0 saturated heterocycles. The lowest BCUT2D eigenvalue weighted by atomic mass is 10.2. The smallest absolute Gasteiger partial charge is 0.326 e. The number of amides is 2. The summed E-state index contributed by atoms with van der Waals surface area (Å²) in [6.07, 6.45) is -1.00. The predicted octanol–water partition coefficient (Wildman–Crippen LogP) is 2.76. The molecule has 2 N–H and O–H groups in total. The molecule has 2 rings (SSSR count). The topological polar surface area (TPSA) is 93.7 Å². The van der Waals surface area contributed by atoms with E-state index in [4.69, 9.17) is 9.47 Å². The van der Waals surface area contributed by atoms with Crippen molar-refractivity contribution in [3.05, 3.63) is 58.6 Å². The number of carbonyl (C=O) groups excluding carboxylic acids is 3. The van der Waals surface area contributed by atoms with Crippen molar-refractivity contribution in [3.63, 3.8) is 0 Å². The molecule has 0 aliphatic heterocycles. The molecule has 2 amide bonds. The van der Waals surface area contributed by atoms with Crippen LogP contribution >= 0.6 is 15.9 Å². The summed E-state index contributed by atoms with van der Waals surface area (Å²) in [5.41, 5.74) is 0.962. The Morgan fingerprint density at radius 2 is 1.67 bits per heavy atom. The Hall–Kier alpha value is -2.87. The third-order valence-electron chi connectivity index (χ3n) is 3.53. The zero-order chi connectivity index (χ0) is 19.8. The average molecular weight is 435 g/mol. The number of hydrogen-bond acceptors (Lipinski definition) is 5. The summed E-state index contributed by atoms with van der Waals surface area (Å²) in [4.78, 5) is 35.9. The molecule has 1 atom stereocenters. The molecule has 0 aliphatic rings. The van der Waals surface area contributed by atoms with Crippen LogP contribution in [0.15, 0.2) is 53.0 Å². The van der Waals surface area contributed by atoms with Gasteiger partial charge in [-0.05, 0) is 55.5 Å². The Bertz CT molecular complexity index is 806. The lowest BCUT2D eigenvalue weighted by molar-refractivity contribution is -0.152. The Morgan fingerprint density at radius 3 is 2.26 bits per heavy atom. The first kappa shape index (κ1) is 20.4. The lowest BCUT2D eigenvalue weighted by Crippen LogP contribution is -2.35. The van der Waals surface area contributed by atoms with Gasteiger partial charge in [0.05, 0.1) is 7.11 Å². The summed E-state index contributed by atoms with van der Waals surface area (Å²) in [7, 11) is 1.53. The number of ether oxygens (including phenoxy) is 2. The molecular formula is C19H19BrN2O5. The van der Waals surface area contributed by atoms with Gasteiger partial charge in [0.15, 0.2) is 6.10 Å². The zero-order valence-corrected chi connectivity index (χ0v) is 16.4. The minimum Gasteiger partial charge on any atom is -0.497 e. The van der Waals surface area contributed by atoms with E-state index in [0.29, 0.717) is 17.0 Å². The third-order valence-corrected chi connectivity index (χ3v) is 4.06. The van der Waals surface area contributed by atoms with Crippen molar-refractivity contribution >= 4 is 39.4 Å². The van der Waals surface area contributed by atoms with Crippen molar-refractivity contribution < 1.29 is 23.9 Å². The van der Waals surface area contributed by atoms with Crippen LogP contribution in [0.4, 0.5) is 5.69 Å². The van der Waals surface area contributed by atoms with E-state index in [1.54, 1.807) is 48.5 Å². The number of nitrogens with one attached hydrogen (secondary N) is 2. The highest BCUT2D eigenvalue weighted by atomic mass is 79.9. The summed E-state index contributed by atoms with van der Waals surface area (Å²) in [6.45, 7) is 1.11. The number of carbonyl (C=O) groups is 3. The normalized spacial score (nSPS) is 11.2. The first-order valence-corrected chi connectivity index (χ1v) is 8.86. The van der Waals surface area contributed by atoms with Gasteiger partial charge in [-0.3, -0.25) is 14.4 Å². The molecular weight excluding hydrogens is 416 g/mol. The van der Waals surface area contributed by atoms with Crippen LogP contribution in [0.5, 0.6) is 5.75 Å². The van der Waals surface area contributed by atoms with Crippen molar-refractivity contribution in [2.24, 2.45) is 0 Å². The predicted molar refractivity (Wildman–Crippen MR) is 104 cm³/mol. The van der Waals surface area contributed by atoms with Gasteiger partial charge in [0, 0.05) is 15.7 Å². The van der Waals surface area contributed by atoms with Gasteiger partial charge < -0.3 is 20.1 Å². The molecule has 1 unspecified atom stereocenters. The first-order valence-electron chi connectivity index (χ1n) is 8.07. The van der Waals surface area contributed by atoms with Gasteiger partial charge in [0.25, 0.3) is 11.8 Å². The van der Waals surface area contributed by atoms with Gasteiger partial charge >= 0.3 is 5.97 Å². The molecule has 7 nitrogen and oxygen atoms in total. The zero-order valence-electron chi connectivity index (χ0n) is 14.8. The number of methoxy groups -OCH3 is 1. The van der Waals surface area contributed by atoms with Crippen LogP contribution < -0.4 is 15.4 Å². The van der Waals surface area contributed by atoms with Crippen molar-refractivity contribution in [1.29, 1.82) is 0 Å². The Labute approximate surface area is 165 Å². The number of hydrogen-bond donors (Lipinski definition) is 2. The van der Waals surface area contributed by atoms with E-state index in [-0.39, 0.29) is 6.54 Å². The van der Waals surface area contributed by atoms with Gasteiger partial charge in [0.1, 0.15) is 12.3 Å². The maximum Gasteiger partial charge on any atom is 0.326 e. The summed E-state index contributed by atoms with van der Waals surface area (Å²) >= 11 is 3.30. The minimum absolute atomic E-state index is 0.346. The second-order valence-corrected chi connectivity index (χ2v) is 6.46. The highest BCUT2D eigenvalue weighted by Gasteiger charge is 2.18. The van der Waals surface area contributed by atoms with Gasteiger partial charge in [0.2, 0.25) is 0 Å². The summed E-state index contributed by atoms with van der Waals surface area (Å²) in [5.74, 6) is -0.986. The second kappa shape index (κ2) is 9.72. The number of anilines is 1. The monoisotopic (exact) mass is 434 g/mol. The lowest BCUT2D eigenvalue weighted by Gasteiger charge is -2.14. The number of halogens is 1. The molecule has 27 heavy (non-hydrogen) atoms. The van der Waals surface area contributed by atoms with Crippen molar-refractivity contribution in [2.75, 3.05) is 19.0 Å². The van der Waals surface area contributed by atoms with Gasteiger partial charge in [-0.15, -0.1) is 0 Å². The molecule has 2 aromatic rings. The standard InChI is InChI=1S/C19H19BrN2O5/c1-12(18(24)22-15-7-5-14(20)6-8-15)27-17(23)11-21-19(25)13-3-9-16(26-2)10-4-13/h3-10,12H,11H2,1-2H3,(H,21,25)(H,22,24). The van der Waals surface area contributed by atoms with Crippen molar-refractivity contribution in [2.45, 2.75) is 13.0 Å². The summed E-state index contributed by atoms with van der Waals surface area (Å²) in [5, 5.41) is 5.08. The SMILES string of the molecule is COc1ccc(C(=O)NCC(=O)OC(C)C(=O)Nc2ccc(Br)cc2)cc1. The van der Waals surface area contributed by atoms with Gasteiger partial charge in [-0.25, -0.2) is 0 Å². The van der Waals surface area contributed by atoms with E-state index in [0.717, 1.165) is 4.47 Å². The number of esters is 1. The van der Waals surface area contributed by atoms with E-state index in [1.807, 2.05) is 0 Å². The van der Waals surface area contributed by atoms with Crippen LogP contribution in [0, 0.1) is 0 Å². The minimum atomic E-state index is -1.00. The highest BCUT2D eigenvalue weighted by molar-refractivity contribution is 9.10. The molecule has 0 spiro atoms. The van der Waals surface area contributed by atoms with Crippen LogP contribution in [-0.4, -0.2) is 37.5 Å². The van der Waals surface area contributed by atoms with E-state index < -0.39 is 23.9 Å². The molecule has 0 fully saturated rings. The number of benzene rings is 2. The Balaban J connectivity index is 1.78. The van der Waals surface area contributed by atoms with Crippen LogP contribution in [0.3, 0.4) is 0 Å². The molecule has 2 aromatic carbocycles. The Kier molecular flexibility index (Phi) is 7.36. The fourth-order valence-electron chi connectivity index (χ4n) is 2.07. The molecule has 0 bridgehead atoms. The molecule has 0 aromatic heterocycles. The van der Waals surface area contributed by atoms with Gasteiger partial charge in [-0.2, -0.15) is 0 Å². The van der Waals surface area contributed by atoms with E-state index in [1.165, 1.54) is 14.0 Å². The highest BCUT2D eigenvalue weighted by Crippen LogP contribution is 2.14. The Morgan fingerprint density at radius 1 is 1.04 bits per heavy atom. The van der Waals surface area contributed by atoms with Crippen LogP contribution in [0.2, 0.25) is 0 Å². The quantitative estimate of drug-likeness (QED) is 0.653. The van der Waals surface area contributed by atoms with E-state index in [9.17, 15) is 14.4 Å². The molecule has 142 valence electrons. The summed E-state index contributed by atoms with van der Waals surface area (Å²) < 4.78 is 10.9. The fraction of sp³-hybridized carbons (Fsp3) is 0.211. The van der Waals surface area contributed by atoms with E-state index in [2.05, 4.69) is 26.6 Å². The first-order chi connectivity index (χ1) is 12.9. The third kappa shape index (κ3) is 6.41. The number of rotatable bonds is 7. The summed E-state index contributed by atoms with van der Waals surface area (Å²) in [6, 6.07) is 13.4. The van der Waals surface area contributed by atoms with Crippen LogP contribution in [-0.2, 0) is 14.3 Å². The van der Waals surface area contributed by atoms with Crippen LogP contribution in [0.1, 0.15) is 17.3 Å². The van der Waals surface area contributed by atoms with Crippen molar-refractivity contribution in [3.8, 4) is 5.75 Å². The maximum atomic E-state index is 12.1.